The van der Waals surface area contributed by atoms with Gasteiger partial charge in [-0.1, -0.05) is 23.2 Å². The maximum absolute atomic E-state index is 10.5. The number of hydrogen-bond acceptors (Lipinski definition) is 3. The Morgan fingerprint density at radius 3 is 2.62 bits per heavy atom. The number of hydrogen-bond donors (Lipinski definition) is 0. The highest BCUT2D eigenvalue weighted by atomic mass is 35.5. The van der Waals surface area contributed by atoms with Crippen LogP contribution in [0.15, 0.2) is 18.2 Å². The fourth-order valence-corrected chi connectivity index (χ4v) is 1.14. The van der Waals surface area contributed by atoms with E-state index in [0.29, 0.717) is 5.02 Å². The van der Waals surface area contributed by atoms with Crippen molar-refractivity contribution < 1.29 is 14.3 Å². The van der Waals surface area contributed by atoms with Crippen LogP contribution in [0.3, 0.4) is 0 Å². The Morgan fingerprint density at radius 2 is 2.08 bits per heavy atom. The van der Waals surface area contributed by atoms with Gasteiger partial charge in [-0.15, -0.1) is 0 Å². The smallest absolute Gasteiger partial charge is 0.376 e. The van der Waals surface area contributed by atoms with Gasteiger partial charge in [-0.2, -0.15) is 0 Å². The molecule has 0 fully saturated rings. The summed E-state index contributed by atoms with van der Waals surface area (Å²) in [6.07, 6.45) is 0.0605. The van der Waals surface area contributed by atoms with Gasteiger partial charge in [0, 0.05) is 5.02 Å². The second-order valence-electron chi connectivity index (χ2n) is 2.11. The van der Waals surface area contributed by atoms with Crippen LogP contribution in [-0.2, 0) is 9.59 Å². The van der Waals surface area contributed by atoms with E-state index in [0.717, 1.165) is 0 Å². The zero-order chi connectivity index (χ0) is 9.84. The van der Waals surface area contributed by atoms with Gasteiger partial charge < -0.3 is 4.74 Å². The van der Waals surface area contributed by atoms with E-state index in [-0.39, 0.29) is 17.1 Å². The van der Waals surface area contributed by atoms with Crippen molar-refractivity contribution in [3.05, 3.63) is 28.2 Å². The van der Waals surface area contributed by atoms with E-state index in [1.165, 1.54) is 18.2 Å². The molecule has 0 saturated heterocycles. The molecule has 0 saturated carbocycles. The molecule has 0 atom stereocenters. The molecule has 0 bridgehead atoms. The third-order valence-electron chi connectivity index (χ3n) is 1.20. The zero-order valence-electron chi connectivity index (χ0n) is 6.29. The van der Waals surface area contributed by atoms with E-state index in [4.69, 9.17) is 23.2 Å². The van der Waals surface area contributed by atoms with Crippen LogP contribution in [0.2, 0.25) is 10.0 Å². The normalized spacial score (nSPS) is 9.38. The highest BCUT2D eigenvalue weighted by molar-refractivity contribution is 6.35. The Balaban J connectivity index is 2.89. The van der Waals surface area contributed by atoms with Crippen LogP contribution in [0.1, 0.15) is 0 Å². The van der Waals surface area contributed by atoms with Crippen molar-refractivity contribution in [1.82, 2.24) is 0 Å². The summed E-state index contributed by atoms with van der Waals surface area (Å²) in [7, 11) is 0. The first-order valence-electron chi connectivity index (χ1n) is 3.25. The number of esters is 1. The van der Waals surface area contributed by atoms with Gasteiger partial charge in [0.25, 0.3) is 0 Å². The summed E-state index contributed by atoms with van der Waals surface area (Å²) in [5.74, 6) is -0.882. The van der Waals surface area contributed by atoms with Crippen molar-refractivity contribution in [3.63, 3.8) is 0 Å². The van der Waals surface area contributed by atoms with Gasteiger partial charge in [0.15, 0.2) is 0 Å². The van der Waals surface area contributed by atoms with Crippen LogP contribution in [0.5, 0.6) is 5.75 Å². The standard InChI is InChI=1S/C8H4Cl2O3/c9-5-1-2-7(6(10)3-5)13-8(12)4-11/h1-4H. The van der Waals surface area contributed by atoms with Gasteiger partial charge in [-0.3, -0.25) is 4.79 Å². The summed E-state index contributed by atoms with van der Waals surface area (Å²) in [6.45, 7) is 0. The van der Waals surface area contributed by atoms with E-state index in [1.807, 2.05) is 0 Å². The number of rotatable bonds is 2. The molecular formula is C8H4Cl2O3. The van der Waals surface area contributed by atoms with Gasteiger partial charge in [-0.25, -0.2) is 4.79 Å². The Bertz CT molecular complexity index is 349. The van der Waals surface area contributed by atoms with Crippen LogP contribution >= 0.6 is 23.2 Å². The molecule has 0 spiro atoms. The van der Waals surface area contributed by atoms with Crippen molar-refractivity contribution in [2.45, 2.75) is 0 Å². The maximum atomic E-state index is 10.5. The summed E-state index contributed by atoms with van der Waals surface area (Å²) in [4.78, 5) is 20.5. The van der Waals surface area contributed by atoms with Crippen molar-refractivity contribution in [1.29, 1.82) is 0 Å². The predicted octanol–water partition coefficient (Wildman–Crippen LogP) is 2.10. The topological polar surface area (TPSA) is 43.4 Å². The van der Waals surface area contributed by atoms with E-state index < -0.39 is 5.97 Å². The Hall–Kier alpha value is -1.06. The van der Waals surface area contributed by atoms with E-state index >= 15 is 0 Å². The quantitative estimate of drug-likeness (QED) is 0.331. The van der Waals surface area contributed by atoms with E-state index in [2.05, 4.69) is 4.74 Å². The van der Waals surface area contributed by atoms with Crippen LogP contribution in [0.4, 0.5) is 0 Å². The molecular weight excluding hydrogens is 215 g/mol. The van der Waals surface area contributed by atoms with Gasteiger partial charge in [0.1, 0.15) is 5.75 Å². The first kappa shape index (κ1) is 10.0. The molecule has 13 heavy (non-hydrogen) atoms. The summed E-state index contributed by atoms with van der Waals surface area (Å²) < 4.78 is 4.55. The monoisotopic (exact) mass is 218 g/mol. The molecule has 0 heterocycles. The SMILES string of the molecule is O=CC(=O)Oc1ccc(Cl)cc1Cl. The first-order chi connectivity index (χ1) is 6.13. The molecule has 0 aromatic heterocycles. The van der Waals surface area contributed by atoms with Gasteiger partial charge in [0.05, 0.1) is 5.02 Å². The first-order valence-corrected chi connectivity index (χ1v) is 4.01. The second kappa shape index (κ2) is 4.25. The molecule has 0 unspecified atom stereocenters. The fraction of sp³-hybridized carbons (Fsp3) is 0. The lowest BCUT2D eigenvalue weighted by Crippen LogP contribution is -2.08. The molecule has 1 rings (SSSR count). The number of halogens is 2. The summed E-state index contributed by atoms with van der Waals surface area (Å²) in [5, 5.41) is 0.610. The van der Waals surface area contributed by atoms with E-state index in [1.54, 1.807) is 0 Å². The second-order valence-corrected chi connectivity index (χ2v) is 2.96. The highest BCUT2D eigenvalue weighted by Gasteiger charge is 2.06. The fourth-order valence-electron chi connectivity index (χ4n) is 0.690. The lowest BCUT2D eigenvalue weighted by Gasteiger charge is -2.02. The van der Waals surface area contributed by atoms with Crippen molar-refractivity contribution in [2.24, 2.45) is 0 Å². The minimum atomic E-state index is -0.996. The van der Waals surface area contributed by atoms with Crippen LogP contribution < -0.4 is 4.74 Å². The number of carbonyl (C=O) groups excluding carboxylic acids is 2. The average Bonchev–Trinajstić information content (AvgIpc) is 2.09. The largest absolute Gasteiger partial charge is 0.419 e. The van der Waals surface area contributed by atoms with E-state index in [9.17, 15) is 9.59 Å². The van der Waals surface area contributed by atoms with Crippen LogP contribution in [-0.4, -0.2) is 12.3 Å². The molecule has 1 aromatic carbocycles. The summed E-state index contributed by atoms with van der Waals surface area (Å²) in [6, 6.07) is 4.32. The molecule has 0 aliphatic carbocycles. The molecule has 0 aliphatic heterocycles. The van der Waals surface area contributed by atoms with Crippen molar-refractivity contribution in [2.75, 3.05) is 0 Å². The Labute approximate surface area is 84.2 Å². The molecule has 0 radical (unpaired) electrons. The number of benzene rings is 1. The van der Waals surface area contributed by atoms with Gasteiger partial charge >= 0.3 is 5.97 Å². The number of ether oxygens (including phenoxy) is 1. The van der Waals surface area contributed by atoms with Crippen molar-refractivity contribution in [3.8, 4) is 5.75 Å². The maximum Gasteiger partial charge on any atom is 0.376 e. The molecule has 0 amide bonds. The van der Waals surface area contributed by atoms with Crippen LogP contribution in [0.25, 0.3) is 0 Å². The third kappa shape index (κ3) is 2.72. The van der Waals surface area contributed by atoms with Gasteiger partial charge in [-0.05, 0) is 18.2 Å². The third-order valence-corrected chi connectivity index (χ3v) is 1.73. The van der Waals surface area contributed by atoms with Crippen molar-refractivity contribution >= 4 is 35.5 Å². The molecule has 68 valence electrons. The molecule has 5 heteroatoms. The van der Waals surface area contributed by atoms with Gasteiger partial charge in [0.2, 0.25) is 6.29 Å². The average molecular weight is 219 g/mol. The predicted molar refractivity (Wildman–Crippen MR) is 48.2 cm³/mol. The molecule has 0 N–H and O–H groups in total. The zero-order valence-corrected chi connectivity index (χ0v) is 7.80. The summed E-state index contributed by atoms with van der Waals surface area (Å²) >= 11 is 11.2. The number of aldehydes is 1. The Kier molecular flexibility index (Phi) is 3.28. The Morgan fingerprint density at radius 1 is 1.38 bits per heavy atom. The number of carbonyl (C=O) groups is 2. The lowest BCUT2D eigenvalue weighted by molar-refractivity contribution is -0.141. The minimum absolute atomic E-state index is 0.0605. The molecule has 1 aromatic rings. The minimum Gasteiger partial charge on any atom is -0.419 e. The highest BCUT2D eigenvalue weighted by Crippen LogP contribution is 2.27. The molecule has 3 nitrogen and oxygen atoms in total. The summed E-state index contributed by atoms with van der Waals surface area (Å²) in [5.41, 5.74) is 0. The molecule has 0 aliphatic rings. The van der Waals surface area contributed by atoms with Crippen LogP contribution in [0, 0.1) is 0 Å². The lowest BCUT2D eigenvalue weighted by atomic mass is 10.3.